The van der Waals surface area contributed by atoms with Crippen molar-refractivity contribution in [1.29, 1.82) is 0 Å². The van der Waals surface area contributed by atoms with Gasteiger partial charge < -0.3 is 14.7 Å². The van der Waals surface area contributed by atoms with Crippen LogP contribution in [0.1, 0.15) is 69.1 Å². The molecule has 2 aromatic carbocycles. The van der Waals surface area contributed by atoms with Crippen molar-refractivity contribution in [3.63, 3.8) is 0 Å². The van der Waals surface area contributed by atoms with Gasteiger partial charge in [-0.1, -0.05) is 51.1 Å². The predicted molar refractivity (Wildman–Crippen MR) is 169 cm³/mol. The standard InChI is InChI=1S/C34H42N4O5S/c1-21-8-6-9-22(2)30(21)27-15-28-36-32(35-27)37-44(41,42)26-11-7-10-23(14-26)31(25(20-43-28)16-33(3,4)5)24-17-34(18-24)12-13-38(34)29(40)19-39/h6-11,14-15,24-25,31,39H,12-13,16-20H2,1-5H3,(H,35,36,37)/t24?,25-,31?,34?/m1/s1. The molecule has 10 heteroatoms. The van der Waals surface area contributed by atoms with Gasteiger partial charge in [-0.05, 0) is 85.6 Å². The number of ether oxygens (including phenoxy) is 1. The van der Waals surface area contributed by atoms with Gasteiger partial charge in [-0.15, -0.1) is 0 Å². The number of hydrogen-bond donors (Lipinski definition) is 2. The number of rotatable bonds is 4. The number of carbonyl (C=O) groups excluding carboxylic acids is 1. The lowest BCUT2D eigenvalue weighted by atomic mass is 9.54. The molecule has 1 saturated heterocycles. The van der Waals surface area contributed by atoms with Crippen LogP contribution in [0.3, 0.4) is 0 Å². The number of nitrogens with zero attached hydrogens (tertiary/aromatic N) is 3. The normalized spacial score (nSPS) is 25.9. The van der Waals surface area contributed by atoms with Crippen molar-refractivity contribution in [2.75, 3.05) is 24.5 Å². The first-order valence-electron chi connectivity index (χ1n) is 15.4. The fourth-order valence-electron chi connectivity index (χ4n) is 7.77. The minimum atomic E-state index is -4.01. The lowest BCUT2D eigenvalue weighted by Crippen LogP contribution is -2.69. The first-order valence-corrected chi connectivity index (χ1v) is 16.9. The van der Waals surface area contributed by atoms with Crippen LogP contribution in [0.4, 0.5) is 5.95 Å². The van der Waals surface area contributed by atoms with Crippen molar-refractivity contribution in [3.8, 4) is 17.1 Å². The molecule has 9 nitrogen and oxygen atoms in total. The molecule has 1 spiro atoms. The zero-order valence-electron chi connectivity index (χ0n) is 26.1. The summed E-state index contributed by atoms with van der Waals surface area (Å²) in [4.78, 5) is 23.6. The van der Waals surface area contributed by atoms with E-state index in [1.54, 1.807) is 24.3 Å². The second-order valence-electron chi connectivity index (χ2n) is 14.1. The molecule has 1 aliphatic carbocycles. The number of fused-ring (bicyclic) bond motifs is 4. The van der Waals surface area contributed by atoms with E-state index in [2.05, 4.69) is 35.5 Å². The summed E-state index contributed by atoms with van der Waals surface area (Å²) in [5.41, 5.74) is 4.27. The third-order valence-corrected chi connectivity index (χ3v) is 11.0. The maximum atomic E-state index is 13.7. The smallest absolute Gasteiger partial charge is 0.264 e. The van der Waals surface area contributed by atoms with Gasteiger partial charge in [0.25, 0.3) is 10.0 Å². The number of benzene rings is 2. The first kappa shape index (κ1) is 30.5. The largest absolute Gasteiger partial charge is 0.477 e. The number of carbonyl (C=O) groups is 1. The quantitative estimate of drug-likeness (QED) is 0.398. The molecular weight excluding hydrogens is 576 g/mol. The topological polar surface area (TPSA) is 122 Å². The summed E-state index contributed by atoms with van der Waals surface area (Å²) in [6, 6.07) is 15.0. The van der Waals surface area contributed by atoms with Gasteiger partial charge in [0.15, 0.2) is 0 Å². The van der Waals surface area contributed by atoms with E-state index in [9.17, 15) is 18.3 Å². The molecule has 3 aliphatic rings. The average Bonchev–Trinajstić information content (AvgIpc) is 2.90. The predicted octanol–water partition coefficient (Wildman–Crippen LogP) is 5.46. The van der Waals surface area contributed by atoms with Crippen molar-refractivity contribution in [3.05, 3.63) is 65.2 Å². The van der Waals surface area contributed by atoms with Crippen LogP contribution in [0.25, 0.3) is 11.3 Å². The van der Waals surface area contributed by atoms with Crippen LogP contribution < -0.4 is 9.46 Å². The molecule has 2 N–H and O–H groups in total. The molecule has 0 radical (unpaired) electrons. The summed E-state index contributed by atoms with van der Waals surface area (Å²) in [5, 5.41) is 9.52. The highest BCUT2D eigenvalue weighted by Crippen LogP contribution is 2.57. The van der Waals surface area contributed by atoms with E-state index >= 15 is 0 Å². The van der Waals surface area contributed by atoms with Crippen LogP contribution in [0.5, 0.6) is 5.88 Å². The Morgan fingerprint density at radius 1 is 1.09 bits per heavy atom. The Morgan fingerprint density at radius 3 is 2.43 bits per heavy atom. The third kappa shape index (κ3) is 5.70. The SMILES string of the molecule is Cc1cccc(C)c1-c1cc2nc(n1)NS(=O)(=O)c1cccc(c1)C(C1CC3(CCN3C(=O)CO)C1)[C@H](CC(C)(C)C)CO2. The van der Waals surface area contributed by atoms with Crippen LogP contribution in [-0.4, -0.2) is 59.6 Å². The number of aliphatic hydroxyl groups is 1. The Morgan fingerprint density at radius 2 is 1.80 bits per heavy atom. The molecule has 4 bridgehead atoms. The number of amides is 1. The fraction of sp³-hybridized carbons (Fsp3) is 0.500. The highest BCUT2D eigenvalue weighted by Gasteiger charge is 2.58. The summed E-state index contributed by atoms with van der Waals surface area (Å²) in [6.45, 7) is 11.2. The number of anilines is 1. The van der Waals surface area contributed by atoms with E-state index < -0.39 is 16.6 Å². The Hall–Kier alpha value is -3.50. The Labute approximate surface area is 260 Å². The molecule has 1 amide bonds. The Bertz CT molecular complexity index is 1670. The van der Waals surface area contributed by atoms with Crippen LogP contribution in [-0.2, 0) is 14.8 Å². The second kappa shape index (κ2) is 11.1. The van der Waals surface area contributed by atoms with Crippen LogP contribution >= 0.6 is 0 Å². The van der Waals surface area contributed by atoms with E-state index in [0.29, 0.717) is 24.7 Å². The van der Waals surface area contributed by atoms with Gasteiger partial charge in [-0.25, -0.2) is 18.1 Å². The summed E-state index contributed by atoms with van der Waals surface area (Å²) >= 11 is 0. The molecular formula is C34H42N4O5S. The van der Waals surface area contributed by atoms with Crippen molar-refractivity contribution in [2.45, 2.75) is 76.7 Å². The molecule has 2 atom stereocenters. The fourth-order valence-corrected chi connectivity index (χ4v) is 8.76. The summed E-state index contributed by atoms with van der Waals surface area (Å²) < 4.78 is 36.6. The van der Waals surface area contributed by atoms with Crippen LogP contribution in [0.15, 0.2) is 53.4 Å². The van der Waals surface area contributed by atoms with Gasteiger partial charge in [0.2, 0.25) is 17.7 Å². The maximum Gasteiger partial charge on any atom is 0.264 e. The minimum Gasteiger partial charge on any atom is -0.477 e. The van der Waals surface area contributed by atoms with Crippen molar-refractivity contribution in [1.82, 2.24) is 14.9 Å². The van der Waals surface area contributed by atoms with Gasteiger partial charge >= 0.3 is 0 Å². The second-order valence-corrected chi connectivity index (χ2v) is 15.8. The third-order valence-electron chi connectivity index (χ3n) is 9.65. The zero-order valence-corrected chi connectivity index (χ0v) is 26.9. The highest BCUT2D eigenvalue weighted by molar-refractivity contribution is 7.92. The van der Waals surface area contributed by atoms with Gasteiger partial charge in [0, 0.05) is 29.6 Å². The molecule has 1 aromatic heterocycles. The molecule has 3 heterocycles. The van der Waals surface area contributed by atoms with E-state index in [-0.39, 0.29) is 45.5 Å². The van der Waals surface area contributed by atoms with Gasteiger partial charge in [-0.2, -0.15) is 4.98 Å². The van der Waals surface area contributed by atoms with Crippen LogP contribution in [0.2, 0.25) is 0 Å². The average molecular weight is 619 g/mol. The summed E-state index contributed by atoms with van der Waals surface area (Å²) in [6.07, 6.45) is 3.39. The molecule has 3 aromatic rings. The van der Waals surface area contributed by atoms with Crippen molar-refractivity contribution < 1.29 is 23.1 Å². The summed E-state index contributed by atoms with van der Waals surface area (Å²) in [7, 11) is -4.01. The van der Waals surface area contributed by atoms with E-state index in [0.717, 1.165) is 47.9 Å². The van der Waals surface area contributed by atoms with E-state index in [1.807, 2.05) is 43.0 Å². The number of sulfonamides is 1. The Balaban J connectivity index is 1.44. The number of aryl methyl sites for hydroxylation is 2. The molecule has 234 valence electrons. The number of nitrogens with one attached hydrogen (secondary N) is 1. The number of aliphatic hydroxyl groups excluding tert-OH is 1. The Kier molecular flexibility index (Phi) is 7.73. The zero-order chi connectivity index (χ0) is 31.4. The lowest BCUT2D eigenvalue weighted by Gasteiger charge is -2.63. The number of hydrogen-bond acceptors (Lipinski definition) is 7. The molecule has 1 saturated carbocycles. The number of likely N-dealkylation sites (tertiary alicyclic amines) is 1. The summed E-state index contributed by atoms with van der Waals surface area (Å²) in [5.74, 6) is 0.338. The van der Waals surface area contributed by atoms with E-state index in [4.69, 9.17) is 4.74 Å². The molecule has 6 rings (SSSR count). The molecule has 2 fully saturated rings. The van der Waals surface area contributed by atoms with Crippen molar-refractivity contribution in [2.24, 2.45) is 17.3 Å². The van der Waals surface area contributed by atoms with Gasteiger partial charge in [0.1, 0.15) is 6.61 Å². The monoisotopic (exact) mass is 618 g/mol. The van der Waals surface area contributed by atoms with Gasteiger partial charge in [-0.3, -0.25) is 4.79 Å². The molecule has 2 aliphatic heterocycles. The lowest BCUT2D eigenvalue weighted by molar-refractivity contribution is -0.167. The van der Waals surface area contributed by atoms with Crippen molar-refractivity contribution >= 4 is 21.9 Å². The highest BCUT2D eigenvalue weighted by atomic mass is 32.2. The maximum absolute atomic E-state index is 13.7. The van der Waals surface area contributed by atoms with Crippen LogP contribution in [0, 0.1) is 31.1 Å². The first-order chi connectivity index (χ1) is 20.8. The minimum absolute atomic E-state index is 0.000459. The molecule has 44 heavy (non-hydrogen) atoms. The van der Waals surface area contributed by atoms with Gasteiger partial charge in [0.05, 0.1) is 17.2 Å². The molecule has 1 unspecified atom stereocenters. The number of aromatic nitrogens is 2. The van der Waals surface area contributed by atoms with E-state index in [1.165, 1.54) is 0 Å².